The second kappa shape index (κ2) is 18.6. The van der Waals surface area contributed by atoms with Crippen molar-refractivity contribution in [2.45, 2.75) is 154 Å². The number of alkyl halides is 3. The summed E-state index contributed by atoms with van der Waals surface area (Å²) in [5, 5.41) is 0. The smallest absolute Gasteiger partial charge is 0.450 e. The quantitative estimate of drug-likeness (QED) is 0.316. The lowest BCUT2D eigenvalue weighted by Gasteiger charge is -2.53. The van der Waals surface area contributed by atoms with Gasteiger partial charge in [-0.3, -0.25) is 19.2 Å². The third-order valence-corrected chi connectivity index (χ3v) is 14.3. The number of Topliss-reactive ketones (excluding diaryl/α,β-unsaturated/α-hetero) is 1. The van der Waals surface area contributed by atoms with Gasteiger partial charge in [0.15, 0.2) is 0 Å². The van der Waals surface area contributed by atoms with Crippen LogP contribution in [0.5, 0.6) is 0 Å². The van der Waals surface area contributed by atoms with E-state index in [9.17, 15) is 41.9 Å². The predicted molar refractivity (Wildman–Crippen MR) is 210 cm³/mol. The summed E-state index contributed by atoms with van der Waals surface area (Å²) in [6.07, 6.45) is 7.03. The topological polar surface area (TPSA) is 140 Å². The Morgan fingerprint density at radius 3 is 1.47 bits per heavy atom. The van der Waals surface area contributed by atoms with E-state index < -0.39 is 12.1 Å². The van der Waals surface area contributed by atoms with Crippen LogP contribution in [0.4, 0.5) is 22.8 Å². The van der Waals surface area contributed by atoms with E-state index in [4.69, 9.17) is 9.47 Å². The van der Waals surface area contributed by atoms with E-state index in [2.05, 4.69) is 16.7 Å². The van der Waals surface area contributed by atoms with Crippen molar-refractivity contribution in [2.75, 3.05) is 65.6 Å². The standard InChI is InChI=1S/C20H33N3O3.C12H17F3N2O2.C10H15NO3/c1-3-15-11-18(24)23(15)16-5-8-21(9-6-16)17-12-20(13-17)7-10-22(14-20)19(25)26-4-2;1-2-8-7-10(18)17(8)9-3-5-16(6-4-9)11(19)12(13,14)15;1-2-14-9(13)11-4-3-10(7-11)5-8(12)6-10/h15-17H,3-14H2,1-2H3;8-9H,2-7H2,1H3;2-7H2,1H3/t15-,17?,20?;8-;/m00./s1. The zero-order chi connectivity index (χ0) is 42.7. The van der Waals surface area contributed by atoms with Gasteiger partial charge in [-0.1, -0.05) is 13.8 Å². The number of hydrogen-bond acceptors (Lipinski definition) is 9. The number of carbonyl (C=O) groups is 6. The molecule has 8 fully saturated rings. The largest absolute Gasteiger partial charge is 0.471 e. The molecule has 0 aromatic heterocycles. The molecule has 0 unspecified atom stereocenters. The summed E-state index contributed by atoms with van der Waals surface area (Å²) < 4.78 is 46.9. The molecule has 332 valence electrons. The molecule has 17 heteroatoms. The summed E-state index contributed by atoms with van der Waals surface area (Å²) in [7, 11) is 0. The maximum Gasteiger partial charge on any atom is 0.471 e. The lowest BCUT2D eigenvalue weighted by atomic mass is 9.64. The third kappa shape index (κ3) is 9.96. The lowest BCUT2D eigenvalue weighted by molar-refractivity contribution is -0.187. The lowest BCUT2D eigenvalue weighted by Crippen LogP contribution is -2.61. The number of hydrogen-bond donors (Lipinski definition) is 0. The Labute approximate surface area is 346 Å². The van der Waals surface area contributed by atoms with Gasteiger partial charge in [-0.25, -0.2) is 9.59 Å². The van der Waals surface area contributed by atoms with Crippen LogP contribution in [0, 0.1) is 10.8 Å². The van der Waals surface area contributed by atoms with Crippen LogP contribution in [0.3, 0.4) is 0 Å². The fraction of sp³-hybridized carbons (Fsp3) is 0.857. The van der Waals surface area contributed by atoms with Crippen molar-refractivity contribution < 1.29 is 51.4 Å². The van der Waals surface area contributed by atoms with Crippen molar-refractivity contribution in [3.05, 3.63) is 0 Å². The van der Waals surface area contributed by atoms with E-state index in [0.717, 1.165) is 82.6 Å². The normalized spacial score (nSPS) is 29.5. The second-order valence-corrected chi connectivity index (χ2v) is 18.1. The molecule has 5 amide bonds. The van der Waals surface area contributed by atoms with Crippen molar-refractivity contribution in [3.63, 3.8) is 0 Å². The van der Waals surface area contributed by atoms with E-state index in [1.54, 1.807) is 16.7 Å². The number of ether oxygens (including phenoxy) is 2. The number of ketones is 1. The number of halogens is 3. The molecular weight excluding hydrogens is 773 g/mol. The van der Waals surface area contributed by atoms with Gasteiger partial charge in [-0.15, -0.1) is 0 Å². The molecule has 6 aliphatic heterocycles. The highest BCUT2D eigenvalue weighted by Gasteiger charge is 2.53. The highest BCUT2D eigenvalue weighted by atomic mass is 19.4. The van der Waals surface area contributed by atoms with Crippen LogP contribution in [0.15, 0.2) is 0 Å². The fourth-order valence-corrected chi connectivity index (χ4v) is 11.0. The minimum atomic E-state index is -4.80. The summed E-state index contributed by atoms with van der Waals surface area (Å²) in [6.45, 7) is 14.3. The van der Waals surface area contributed by atoms with Gasteiger partial charge in [0.25, 0.3) is 0 Å². The van der Waals surface area contributed by atoms with E-state index in [1.165, 1.54) is 12.8 Å². The first kappa shape index (κ1) is 44.9. The van der Waals surface area contributed by atoms with Crippen LogP contribution >= 0.6 is 0 Å². The number of piperidine rings is 2. The van der Waals surface area contributed by atoms with Crippen LogP contribution in [-0.2, 0) is 28.7 Å². The van der Waals surface area contributed by atoms with Crippen molar-refractivity contribution >= 4 is 35.7 Å². The Hall–Kier alpha value is -3.63. The van der Waals surface area contributed by atoms with Crippen molar-refractivity contribution in [1.29, 1.82) is 0 Å². The van der Waals surface area contributed by atoms with Crippen molar-refractivity contribution in [3.8, 4) is 0 Å². The summed E-state index contributed by atoms with van der Waals surface area (Å²) in [5.41, 5.74) is 0.457. The minimum absolute atomic E-state index is 0.0107. The number of β-lactam (4-membered cyclic amide) rings is 2. The Morgan fingerprint density at radius 2 is 1.07 bits per heavy atom. The molecule has 0 radical (unpaired) electrons. The first-order valence-electron chi connectivity index (χ1n) is 22.1. The molecule has 6 heterocycles. The van der Waals surface area contributed by atoms with Gasteiger partial charge in [-0.2, -0.15) is 13.2 Å². The second-order valence-electron chi connectivity index (χ2n) is 18.1. The Balaban J connectivity index is 0.000000157. The zero-order valence-corrected chi connectivity index (χ0v) is 35.4. The van der Waals surface area contributed by atoms with E-state index in [1.807, 2.05) is 18.7 Å². The third-order valence-electron chi connectivity index (χ3n) is 14.3. The molecule has 0 N–H and O–H groups in total. The zero-order valence-electron chi connectivity index (χ0n) is 35.4. The van der Waals surface area contributed by atoms with E-state index >= 15 is 0 Å². The number of amides is 5. The average Bonchev–Trinajstić information content (AvgIpc) is 3.83. The molecule has 2 atom stereocenters. The number of carbonyl (C=O) groups excluding carboxylic acids is 6. The van der Waals surface area contributed by atoms with E-state index in [0.29, 0.717) is 87.1 Å². The van der Waals surface area contributed by atoms with Crippen LogP contribution in [0.1, 0.15) is 118 Å². The summed E-state index contributed by atoms with van der Waals surface area (Å²) >= 11 is 0. The molecule has 8 aliphatic rings. The van der Waals surface area contributed by atoms with Crippen molar-refractivity contribution in [1.82, 2.24) is 29.4 Å². The molecule has 0 aromatic rings. The highest BCUT2D eigenvalue weighted by Crippen LogP contribution is 2.51. The summed E-state index contributed by atoms with van der Waals surface area (Å²) in [6, 6.07) is 1.86. The average molecular weight is 839 g/mol. The van der Waals surface area contributed by atoms with Gasteiger partial charge in [-0.05, 0) is 83.5 Å². The molecule has 8 rings (SSSR count). The van der Waals surface area contributed by atoms with Gasteiger partial charge in [0.2, 0.25) is 11.8 Å². The molecule has 2 saturated carbocycles. The molecule has 6 saturated heterocycles. The maximum absolute atomic E-state index is 12.3. The Bertz CT molecular complexity index is 1550. The van der Waals surface area contributed by atoms with Gasteiger partial charge >= 0.3 is 24.3 Å². The van der Waals surface area contributed by atoms with E-state index in [-0.39, 0.29) is 48.7 Å². The highest BCUT2D eigenvalue weighted by molar-refractivity contribution is 5.87. The summed E-state index contributed by atoms with van der Waals surface area (Å²) in [4.78, 5) is 79.9. The molecule has 0 aromatic carbocycles. The van der Waals surface area contributed by atoms with Crippen LogP contribution < -0.4 is 0 Å². The Kier molecular flexibility index (Phi) is 14.1. The van der Waals surface area contributed by atoms with Crippen LogP contribution in [-0.4, -0.2) is 167 Å². The predicted octanol–water partition coefficient (Wildman–Crippen LogP) is 5.22. The van der Waals surface area contributed by atoms with Crippen LogP contribution in [0.2, 0.25) is 0 Å². The van der Waals surface area contributed by atoms with Gasteiger partial charge in [0, 0.05) is 114 Å². The number of nitrogens with zero attached hydrogens (tertiary/aromatic N) is 6. The fourth-order valence-electron chi connectivity index (χ4n) is 11.0. The summed E-state index contributed by atoms with van der Waals surface area (Å²) in [5.74, 6) is -1.00. The monoisotopic (exact) mass is 838 g/mol. The molecular formula is C42H65F3N6O8. The van der Waals surface area contributed by atoms with Gasteiger partial charge in [0.1, 0.15) is 5.78 Å². The van der Waals surface area contributed by atoms with Gasteiger partial charge in [0.05, 0.1) is 13.2 Å². The Morgan fingerprint density at radius 1 is 0.627 bits per heavy atom. The molecule has 59 heavy (non-hydrogen) atoms. The number of likely N-dealkylation sites (tertiary alicyclic amines) is 6. The molecule has 14 nitrogen and oxygen atoms in total. The molecule has 0 bridgehead atoms. The minimum Gasteiger partial charge on any atom is -0.450 e. The molecule has 2 spiro atoms. The number of rotatable bonds is 7. The first-order chi connectivity index (χ1) is 28.0. The van der Waals surface area contributed by atoms with Crippen molar-refractivity contribution in [2.24, 2.45) is 10.8 Å². The van der Waals surface area contributed by atoms with Gasteiger partial charge < -0.3 is 38.9 Å². The first-order valence-corrected chi connectivity index (χ1v) is 22.1. The molecule has 2 aliphatic carbocycles. The van der Waals surface area contributed by atoms with Crippen LogP contribution in [0.25, 0.3) is 0 Å². The SMILES string of the molecule is CCOC(=O)N1CCC2(CC(=O)C2)C1.CCOC(=O)N1CCC2(CC(N3CCC(N4C(=O)C[C@@H]4CC)CC3)C2)C1.CC[C@H]1CC(=O)N1C1CCN(C(=O)C(F)(F)F)CC1. The maximum atomic E-state index is 12.3.